The van der Waals surface area contributed by atoms with Crippen molar-refractivity contribution in [1.29, 1.82) is 0 Å². The first-order valence-corrected chi connectivity index (χ1v) is 6.05. The summed E-state index contributed by atoms with van der Waals surface area (Å²) in [6.07, 6.45) is 1.05. The zero-order valence-corrected chi connectivity index (χ0v) is 10.3. The highest BCUT2D eigenvalue weighted by Crippen LogP contribution is 2.10. The Kier molecular flexibility index (Phi) is 5.93. The van der Waals surface area contributed by atoms with Crippen molar-refractivity contribution in [3.63, 3.8) is 0 Å². The Labute approximate surface area is 101 Å². The molecule has 6 heteroatoms. The van der Waals surface area contributed by atoms with E-state index in [1.807, 2.05) is 6.92 Å². The lowest BCUT2D eigenvalue weighted by atomic mass is 10.1. The van der Waals surface area contributed by atoms with Crippen molar-refractivity contribution >= 4 is 11.8 Å². The number of nitrogens with one attached hydrogen (secondary N) is 1. The van der Waals surface area contributed by atoms with Crippen LogP contribution in [-0.4, -0.2) is 55.6 Å². The predicted molar refractivity (Wildman–Crippen MR) is 63.3 cm³/mol. The second kappa shape index (κ2) is 7.24. The first kappa shape index (κ1) is 13.9. The van der Waals surface area contributed by atoms with Gasteiger partial charge in [0.05, 0.1) is 13.2 Å². The highest BCUT2D eigenvalue weighted by molar-refractivity contribution is 5.88. The van der Waals surface area contributed by atoms with E-state index >= 15 is 0 Å². The Morgan fingerprint density at radius 2 is 2.29 bits per heavy atom. The number of carbonyl (C=O) groups excluding carboxylic acids is 2. The number of ether oxygens (including phenoxy) is 1. The van der Waals surface area contributed by atoms with Gasteiger partial charge in [-0.25, -0.2) is 0 Å². The van der Waals surface area contributed by atoms with Gasteiger partial charge in [0.15, 0.2) is 0 Å². The van der Waals surface area contributed by atoms with Gasteiger partial charge in [-0.2, -0.15) is 0 Å². The van der Waals surface area contributed by atoms with Crippen LogP contribution in [0.2, 0.25) is 0 Å². The molecule has 1 fully saturated rings. The van der Waals surface area contributed by atoms with Crippen LogP contribution in [0.25, 0.3) is 0 Å². The molecule has 0 radical (unpaired) electrons. The average molecular weight is 243 g/mol. The van der Waals surface area contributed by atoms with E-state index in [-0.39, 0.29) is 18.4 Å². The molecule has 1 unspecified atom stereocenters. The minimum Gasteiger partial charge on any atom is -0.377 e. The Balaban J connectivity index is 2.58. The summed E-state index contributed by atoms with van der Waals surface area (Å²) in [6.45, 7) is 4.14. The molecule has 0 aromatic heterocycles. The lowest BCUT2D eigenvalue weighted by Crippen LogP contribution is -2.55. The number of nitrogens with zero attached hydrogens (tertiary/aromatic N) is 1. The van der Waals surface area contributed by atoms with Gasteiger partial charge in [-0.15, -0.1) is 0 Å². The molecule has 0 spiro atoms. The van der Waals surface area contributed by atoms with Gasteiger partial charge in [0.2, 0.25) is 11.8 Å². The molecule has 1 heterocycles. The van der Waals surface area contributed by atoms with Gasteiger partial charge in [0, 0.05) is 19.5 Å². The van der Waals surface area contributed by atoms with Gasteiger partial charge in [-0.1, -0.05) is 0 Å². The third kappa shape index (κ3) is 3.98. The fourth-order valence-electron chi connectivity index (χ4n) is 1.81. The Bertz CT molecular complexity index is 271. The smallest absolute Gasteiger partial charge is 0.245 e. The Morgan fingerprint density at radius 1 is 1.53 bits per heavy atom. The van der Waals surface area contributed by atoms with Crippen LogP contribution < -0.4 is 11.1 Å². The summed E-state index contributed by atoms with van der Waals surface area (Å²) >= 11 is 0. The first-order valence-electron chi connectivity index (χ1n) is 6.05. The molecule has 0 bridgehead atoms. The SMILES string of the molecule is CCNC(=O)C1COCCN1C(=O)CCCN. The van der Waals surface area contributed by atoms with Gasteiger partial charge in [0.1, 0.15) is 6.04 Å². The minimum atomic E-state index is -0.492. The summed E-state index contributed by atoms with van der Waals surface area (Å²) in [4.78, 5) is 25.3. The Hall–Kier alpha value is -1.14. The molecule has 17 heavy (non-hydrogen) atoms. The normalized spacial score (nSPS) is 20.1. The summed E-state index contributed by atoms with van der Waals surface area (Å²) in [5.41, 5.74) is 5.37. The molecule has 98 valence electrons. The second-order valence-electron chi connectivity index (χ2n) is 3.96. The van der Waals surface area contributed by atoms with Crippen molar-refractivity contribution in [2.45, 2.75) is 25.8 Å². The summed E-state index contributed by atoms with van der Waals surface area (Å²) in [5.74, 6) is -0.164. The fraction of sp³-hybridized carbons (Fsp3) is 0.818. The molecule has 6 nitrogen and oxygen atoms in total. The van der Waals surface area contributed by atoms with Gasteiger partial charge in [0.25, 0.3) is 0 Å². The first-order chi connectivity index (χ1) is 8.20. The van der Waals surface area contributed by atoms with Crippen molar-refractivity contribution in [1.82, 2.24) is 10.2 Å². The van der Waals surface area contributed by atoms with Crippen LogP contribution in [0.1, 0.15) is 19.8 Å². The van der Waals surface area contributed by atoms with Crippen molar-refractivity contribution in [3.8, 4) is 0 Å². The van der Waals surface area contributed by atoms with E-state index in [1.54, 1.807) is 4.90 Å². The van der Waals surface area contributed by atoms with Crippen LogP contribution in [-0.2, 0) is 14.3 Å². The van der Waals surface area contributed by atoms with Gasteiger partial charge < -0.3 is 20.7 Å². The standard InChI is InChI=1S/C11H21N3O3/c1-2-13-11(16)9-8-17-7-6-14(9)10(15)4-3-5-12/h9H,2-8,12H2,1H3,(H,13,16). The topological polar surface area (TPSA) is 84.7 Å². The second-order valence-corrected chi connectivity index (χ2v) is 3.96. The van der Waals surface area contributed by atoms with E-state index < -0.39 is 6.04 Å². The molecule has 1 saturated heterocycles. The maximum Gasteiger partial charge on any atom is 0.245 e. The lowest BCUT2D eigenvalue weighted by Gasteiger charge is -2.34. The van der Waals surface area contributed by atoms with Crippen LogP contribution in [0, 0.1) is 0 Å². The third-order valence-electron chi connectivity index (χ3n) is 2.70. The van der Waals surface area contributed by atoms with Gasteiger partial charge in [-0.3, -0.25) is 9.59 Å². The quantitative estimate of drug-likeness (QED) is 0.654. The van der Waals surface area contributed by atoms with Crippen LogP contribution >= 0.6 is 0 Å². The summed E-state index contributed by atoms with van der Waals surface area (Å²) in [6, 6.07) is -0.492. The lowest BCUT2D eigenvalue weighted by molar-refractivity contribution is -0.148. The van der Waals surface area contributed by atoms with Crippen LogP contribution in [0.3, 0.4) is 0 Å². The minimum absolute atomic E-state index is 0.0185. The maximum absolute atomic E-state index is 11.9. The number of morpholine rings is 1. The molecule has 0 aromatic rings. The molecule has 0 aliphatic carbocycles. The fourth-order valence-corrected chi connectivity index (χ4v) is 1.81. The molecule has 0 saturated carbocycles. The molecule has 1 aliphatic rings. The number of hydrogen-bond acceptors (Lipinski definition) is 4. The number of carbonyl (C=O) groups is 2. The van der Waals surface area contributed by atoms with Crippen molar-refractivity contribution in [3.05, 3.63) is 0 Å². The number of amides is 2. The largest absolute Gasteiger partial charge is 0.377 e. The van der Waals surface area contributed by atoms with Crippen molar-refractivity contribution in [2.24, 2.45) is 5.73 Å². The summed E-state index contributed by atoms with van der Waals surface area (Å²) in [7, 11) is 0. The Morgan fingerprint density at radius 3 is 2.94 bits per heavy atom. The molecular formula is C11H21N3O3. The van der Waals surface area contributed by atoms with Gasteiger partial charge in [-0.05, 0) is 19.9 Å². The number of likely N-dealkylation sites (N-methyl/N-ethyl adjacent to an activating group) is 1. The maximum atomic E-state index is 11.9. The molecule has 0 aromatic carbocycles. The number of hydrogen-bond donors (Lipinski definition) is 2. The van der Waals surface area contributed by atoms with Crippen LogP contribution in [0.4, 0.5) is 0 Å². The van der Waals surface area contributed by atoms with Gasteiger partial charge >= 0.3 is 0 Å². The van der Waals surface area contributed by atoms with E-state index in [4.69, 9.17) is 10.5 Å². The molecule has 1 rings (SSSR count). The highest BCUT2D eigenvalue weighted by Gasteiger charge is 2.31. The van der Waals surface area contributed by atoms with E-state index in [9.17, 15) is 9.59 Å². The summed E-state index contributed by atoms with van der Waals surface area (Å²) in [5, 5.41) is 2.72. The zero-order chi connectivity index (χ0) is 12.7. The average Bonchev–Trinajstić information content (AvgIpc) is 2.36. The van der Waals surface area contributed by atoms with Crippen molar-refractivity contribution in [2.75, 3.05) is 32.8 Å². The summed E-state index contributed by atoms with van der Waals surface area (Å²) < 4.78 is 5.26. The highest BCUT2D eigenvalue weighted by atomic mass is 16.5. The number of nitrogens with two attached hydrogens (primary N) is 1. The third-order valence-corrected chi connectivity index (χ3v) is 2.70. The predicted octanol–water partition coefficient (Wildman–Crippen LogP) is -0.911. The van der Waals surface area contributed by atoms with E-state index in [1.165, 1.54) is 0 Å². The van der Waals surface area contributed by atoms with E-state index in [0.717, 1.165) is 0 Å². The molecule has 2 amide bonds. The van der Waals surface area contributed by atoms with Crippen LogP contribution in [0.5, 0.6) is 0 Å². The molecular weight excluding hydrogens is 222 g/mol. The monoisotopic (exact) mass is 243 g/mol. The van der Waals surface area contributed by atoms with Crippen molar-refractivity contribution < 1.29 is 14.3 Å². The number of rotatable bonds is 5. The molecule has 1 atom stereocenters. The van der Waals surface area contributed by atoms with E-state index in [0.29, 0.717) is 39.1 Å². The zero-order valence-electron chi connectivity index (χ0n) is 10.3. The van der Waals surface area contributed by atoms with Crippen LogP contribution in [0.15, 0.2) is 0 Å². The van der Waals surface area contributed by atoms with E-state index in [2.05, 4.69) is 5.32 Å². The molecule has 1 aliphatic heterocycles. The molecule has 3 N–H and O–H groups in total.